The fourth-order valence-electron chi connectivity index (χ4n) is 4.06. The summed E-state index contributed by atoms with van der Waals surface area (Å²) in [4.78, 5) is 3.99. The molecular formula is C30H30S3. The van der Waals surface area contributed by atoms with E-state index in [0.29, 0.717) is 0 Å². The SMILES string of the molecule is Cc1c(CSc2ccccc2)c(C)c(CSc2ccccc2)c(C)c1CSc1ccccc1. The molecule has 0 amide bonds. The molecule has 0 saturated heterocycles. The Morgan fingerprint density at radius 2 is 0.636 bits per heavy atom. The zero-order valence-electron chi connectivity index (χ0n) is 19.5. The van der Waals surface area contributed by atoms with Crippen LogP contribution in [-0.2, 0) is 17.3 Å². The van der Waals surface area contributed by atoms with Crippen LogP contribution in [0, 0.1) is 20.8 Å². The normalized spacial score (nSPS) is 11.0. The standard InChI is InChI=1S/C30H30S3/c1-22-28(19-31-25-13-7-4-8-14-25)23(2)30(21-33-27-17-11-6-12-18-27)24(3)29(22)20-32-26-15-9-5-10-16-26/h4-18H,19-21H2,1-3H3. The van der Waals surface area contributed by atoms with Crippen molar-refractivity contribution in [1.82, 2.24) is 0 Å². The van der Waals surface area contributed by atoms with E-state index in [1.165, 1.54) is 48.1 Å². The molecule has 0 aliphatic heterocycles. The third kappa shape index (κ3) is 6.29. The Balaban J connectivity index is 1.65. The molecule has 168 valence electrons. The zero-order chi connectivity index (χ0) is 23.0. The first-order valence-electron chi connectivity index (χ1n) is 11.3. The van der Waals surface area contributed by atoms with Crippen molar-refractivity contribution in [3.63, 3.8) is 0 Å². The minimum Gasteiger partial charge on any atom is -0.121 e. The summed E-state index contributed by atoms with van der Waals surface area (Å²) in [5, 5.41) is 0. The van der Waals surface area contributed by atoms with E-state index < -0.39 is 0 Å². The van der Waals surface area contributed by atoms with Gasteiger partial charge in [-0.2, -0.15) is 0 Å². The predicted molar refractivity (Wildman–Crippen MR) is 149 cm³/mol. The van der Waals surface area contributed by atoms with E-state index in [0.717, 1.165) is 17.3 Å². The van der Waals surface area contributed by atoms with E-state index in [1.807, 2.05) is 35.3 Å². The van der Waals surface area contributed by atoms with Crippen molar-refractivity contribution in [2.24, 2.45) is 0 Å². The molecule has 0 bridgehead atoms. The first-order chi connectivity index (χ1) is 16.1. The van der Waals surface area contributed by atoms with Crippen molar-refractivity contribution in [3.8, 4) is 0 Å². The highest BCUT2D eigenvalue weighted by molar-refractivity contribution is 7.99. The molecule has 3 heteroatoms. The minimum absolute atomic E-state index is 1.01. The fraction of sp³-hybridized carbons (Fsp3) is 0.200. The van der Waals surface area contributed by atoms with Crippen LogP contribution < -0.4 is 0 Å². The van der Waals surface area contributed by atoms with Crippen molar-refractivity contribution >= 4 is 35.3 Å². The minimum atomic E-state index is 1.01. The molecule has 4 rings (SSSR count). The first-order valence-corrected chi connectivity index (χ1v) is 14.2. The molecule has 0 aliphatic rings. The molecule has 0 aliphatic carbocycles. The van der Waals surface area contributed by atoms with Gasteiger partial charge in [-0.25, -0.2) is 0 Å². The second-order valence-electron chi connectivity index (χ2n) is 8.12. The summed E-state index contributed by atoms with van der Waals surface area (Å²) in [7, 11) is 0. The summed E-state index contributed by atoms with van der Waals surface area (Å²) in [6.07, 6.45) is 0. The summed E-state index contributed by atoms with van der Waals surface area (Å²) < 4.78 is 0. The topological polar surface area (TPSA) is 0 Å². The summed E-state index contributed by atoms with van der Waals surface area (Å²) >= 11 is 5.82. The van der Waals surface area contributed by atoms with Gasteiger partial charge in [0.15, 0.2) is 0 Å². The Morgan fingerprint density at radius 1 is 0.394 bits per heavy atom. The number of thioether (sulfide) groups is 3. The average molecular weight is 487 g/mol. The van der Waals surface area contributed by atoms with Gasteiger partial charge in [0.05, 0.1) is 0 Å². The molecular weight excluding hydrogens is 457 g/mol. The van der Waals surface area contributed by atoms with Gasteiger partial charge < -0.3 is 0 Å². The van der Waals surface area contributed by atoms with Gasteiger partial charge in [-0.1, -0.05) is 54.6 Å². The Hall–Kier alpha value is -2.07. The van der Waals surface area contributed by atoms with E-state index in [-0.39, 0.29) is 0 Å². The number of benzene rings is 4. The van der Waals surface area contributed by atoms with Gasteiger partial charge in [0.25, 0.3) is 0 Å². The van der Waals surface area contributed by atoms with Gasteiger partial charge in [0.1, 0.15) is 0 Å². The number of hydrogen-bond acceptors (Lipinski definition) is 3. The van der Waals surface area contributed by atoms with Crippen LogP contribution in [0.25, 0.3) is 0 Å². The Bertz CT molecular complexity index is 997. The first kappa shape index (κ1) is 24.1. The van der Waals surface area contributed by atoms with Crippen molar-refractivity contribution in [3.05, 3.63) is 124 Å². The molecule has 0 fully saturated rings. The molecule has 0 N–H and O–H groups in total. The lowest BCUT2D eigenvalue weighted by atomic mass is 9.90. The highest BCUT2D eigenvalue weighted by atomic mass is 32.2. The zero-order valence-corrected chi connectivity index (χ0v) is 22.0. The van der Waals surface area contributed by atoms with Crippen LogP contribution in [-0.4, -0.2) is 0 Å². The molecule has 0 heterocycles. The largest absolute Gasteiger partial charge is 0.121 e. The van der Waals surface area contributed by atoms with Gasteiger partial charge in [0.2, 0.25) is 0 Å². The van der Waals surface area contributed by atoms with Gasteiger partial charge >= 0.3 is 0 Å². The lowest BCUT2D eigenvalue weighted by molar-refractivity contribution is 1.10. The van der Waals surface area contributed by atoms with Crippen LogP contribution in [0.4, 0.5) is 0 Å². The maximum Gasteiger partial charge on any atom is 0.0237 e. The van der Waals surface area contributed by atoms with E-state index in [2.05, 4.69) is 112 Å². The lowest BCUT2D eigenvalue weighted by Gasteiger charge is -2.22. The highest BCUT2D eigenvalue weighted by Crippen LogP contribution is 2.37. The molecule has 0 unspecified atom stereocenters. The quantitative estimate of drug-likeness (QED) is 0.216. The Kier molecular flexibility index (Phi) is 8.66. The smallest absolute Gasteiger partial charge is 0.0237 e. The van der Waals surface area contributed by atoms with E-state index in [1.54, 1.807) is 0 Å². The van der Waals surface area contributed by atoms with Crippen molar-refractivity contribution in [2.75, 3.05) is 0 Å². The number of hydrogen-bond donors (Lipinski definition) is 0. The molecule has 33 heavy (non-hydrogen) atoms. The van der Waals surface area contributed by atoms with Crippen LogP contribution >= 0.6 is 35.3 Å². The Morgan fingerprint density at radius 3 is 0.879 bits per heavy atom. The molecule has 0 spiro atoms. The van der Waals surface area contributed by atoms with Crippen LogP contribution in [0.2, 0.25) is 0 Å². The van der Waals surface area contributed by atoms with E-state index >= 15 is 0 Å². The summed E-state index contributed by atoms with van der Waals surface area (Å²) in [5.41, 5.74) is 8.89. The third-order valence-corrected chi connectivity index (χ3v) is 9.21. The van der Waals surface area contributed by atoms with Gasteiger partial charge in [-0.3, -0.25) is 0 Å². The van der Waals surface area contributed by atoms with Crippen LogP contribution in [0.3, 0.4) is 0 Å². The fourth-order valence-corrected chi connectivity index (χ4v) is 7.34. The van der Waals surface area contributed by atoms with Crippen molar-refractivity contribution in [2.45, 2.75) is 52.7 Å². The average Bonchev–Trinajstić information content (AvgIpc) is 2.86. The number of rotatable bonds is 9. The van der Waals surface area contributed by atoms with E-state index in [9.17, 15) is 0 Å². The van der Waals surface area contributed by atoms with Gasteiger partial charge in [-0.15, -0.1) is 35.3 Å². The van der Waals surface area contributed by atoms with Gasteiger partial charge in [0, 0.05) is 31.9 Å². The molecule has 0 atom stereocenters. The van der Waals surface area contributed by atoms with Gasteiger partial charge in [-0.05, 0) is 90.6 Å². The maximum absolute atomic E-state index is 2.33. The Labute approximate surface area is 211 Å². The molecule has 0 nitrogen and oxygen atoms in total. The van der Waals surface area contributed by atoms with Crippen LogP contribution in [0.1, 0.15) is 33.4 Å². The third-order valence-electron chi connectivity index (χ3n) is 6.10. The summed E-state index contributed by atoms with van der Waals surface area (Å²) in [6.45, 7) is 6.99. The monoisotopic (exact) mass is 486 g/mol. The van der Waals surface area contributed by atoms with E-state index in [4.69, 9.17) is 0 Å². The molecule has 0 radical (unpaired) electrons. The molecule has 4 aromatic carbocycles. The summed E-state index contributed by atoms with van der Waals surface area (Å²) in [5.74, 6) is 3.02. The van der Waals surface area contributed by atoms with Crippen LogP contribution in [0.15, 0.2) is 106 Å². The molecule has 4 aromatic rings. The van der Waals surface area contributed by atoms with Crippen molar-refractivity contribution < 1.29 is 0 Å². The summed E-state index contributed by atoms with van der Waals surface area (Å²) in [6, 6.07) is 32.3. The second-order valence-corrected chi connectivity index (χ2v) is 11.3. The maximum atomic E-state index is 2.33. The second kappa shape index (κ2) is 11.9. The van der Waals surface area contributed by atoms with Crippen molar-refractivity contribution in [1.29, 1.82) is 0 Å². The molecule has 0 aromatic heterocycles. The highest BCUT2D eigenvalue weighted by Gasteiger charge is 2.18. The predicted octanol–water partition coefficient (Wildman–Crippen LogP) is 9.49. The van der Waals surface area contributed by atoms with Crippen LogP contribution in [0.5, 0.6) is 0 Å². The molecule has 0 saturated carbocycles. The lowest BCUT2D eigenvalue weighted by Crippen LogP contribution is -2.06.